The molecule has 1 aromatic carbocycles. The van der Waals surface area contributed by atoms with Crippen LogP contribution in [0.2, 0.25) is 0 Å². The summed E-state index contributed by atoms with van der Waals surface area (Å²) in [5.41, 5.74) is 2.14. The van der Waals surface area contributed by atoms with E-state index in [0.717, 1.165) is 24.6 Å². The van der Waals surface area contributed by atoms with Gasteiger partial charge in [0, 0.05) is 25.6 Å². The lowest BCUT2D eigenvalue weighted by atomic mass is 9.72. The van der Waals surface area contributed by atoms with E-state index >= 15 is 0 Å². The van der Waals surface area contributed by atoms with Gasteiger partial charge in [-0.3, -0.25) is 4.79 Å². The van der Waals surface area contributed by atoms with Crippen molar-refractivity contribution >= 4 is 5.97 Å². The van der Waals surface area contributed by atoms with Crippen LogP contribution in [0.25, 0.3) is 0 Å². The third-order valence-electron chi connectivity index (χ3n) is 5.77. The Balaban J connectivity index is 1.87. The van der Waals surface area contributed by atoms with Crippen molar-refractivity contribution in [1.29, 1.82) is 0 Å². The summed E-state index contributed by atoms with van der Waals surface area (Å²) < 4.78 is 22.5. The molecule has 0 N–H and O–H groups in total. The van der Waals surface area contributed by atoms with Crippen LogP contribution in [-0.2, 0) is 26.2 Å². The van der Waals surface area contributed by atoms with Crippen LogP contribution in [0.15, 0.2) is 24.3 Å². The zero-order chi connectivity index (χ0) is 20.3. The Morgan fingerprint density at radius 3 is 2.82 bits per heavy atom. The van der Waals surface area contributed by atoms with Gasteiger partial charge in [-0.25, -0.2) is 0 Å². The van der Waals surface area contributed by atoms with Crippen molar-refractivity contribution < 1.29 is 23.7 Å². The van der Waals surface area contributed by atoms with Crippen molar-refractivity contribution in [3.8, 4) is 11.5 Å². The third kappa shape index (κ3) is 3.89. The average Bonchev–Trinajstić information content (AvgIpc) is 2.99. The van der Waals surface area contributed by atoms with E-state index in [1.807, 2.05) is 12.1 Å². The average molecular weight is 389 g/mol. The zero-order valence-electron chi connectivity index (χ0n) is 17.5. The molecule has 2 aliphatic rings. The van der Waals surface area contributed by atoms with Crippen LogP contribution in [0.5, 0.6) is 11.5 Å². The minimum atomic E-state index is -0.287. The number of carbonyl (C=O) groups excluding carboxylic acids is 1. The Morgan fingerprint density at radius 2 is 2.14 bits per heavy atom. The largest absolute Gasteiger partial charge is 0.493 e. The summed E-state index contributed by atoms with van der Waals surface area (Å²) >= 11 is 0. The van der Waals surface area contributed by atoms with Gasteiger partial charge in [0.2, 0.25) is 0 Å². The SMILES string of the molecule is CCN(C)Cc1ccc(OC)c2c1[C@]1(C)C=C[C@H](OC(=O)CCOC)C[C@@H]1O2. The van der Waals surface area contributed by atoms with Crippen molar-refractivity contribution in [2.75, 3.05) is 34.4 Å². The molecule has 0 bridgehead atoms. The van der Waals surface area contributed by atoms with Crippen molar-refractivity contribution in [2.45, 2.75) is 50.9 Å². The van der Waals surface area contributed by atoms with E-state index in [1.165, 1.54) is 11.1 Å². The van der Waals surface area contributed by atoms with Crippen LogP contribution in [0.3, 0.4) is 0 Å². The van der Waals surface area contributed by atoms with Gasteiger partial charge in [0.25, 0.3) is 0 Å². The highest BCUT2D eigenvalue weighted by Gasteiger charge is 2.49. The topological polar surface area (TPSA) is 57.2 Å². The van der Waals surface area contributed by atoms with Gasteiger partial charge in [0.1, 0.15) is 12.2 Å². The van der Waals surface area contributed by atoms with Crippen molar-refractivity contribution in [2.24, 2.45) is 0 Å². The number of hydrogen-bond acceptors (Lipinski definition) is 6. The lowest BCUT2D eigenvalue weighted by Crippen LogP contribution is -2.41. The van der Waals surface area contributed by atoms with E-state index in [1.54, 1.807) is 14.2 Å². The van der Waals surface area contributed by atoms with E-state index in [9.17, 15) is 4.79 Å². The molecule has 0 radical (unpaired) electrons. The quantitative estimate of drug-likeness (QED) is 0.503. The fraction of sp³-hybridized carbons (Fsp3) is 0.591. The normalized spacial score (nSPS) is 25.2. The maximum Gasteiger partial charge on any atom is 0.308 e. The summed E-state index contributed by atoms with van der Waals surface area (Å²) in [5, 5.41) is 0. The maximum absolute atomic E-state index is 12.0. The first-order valence-corrected chi connectivity index (χ1v) is 9.86. The summed E-state index contributed by atoms with van der Waals surface area (Å²) in [6.07, 6.45) is 4.61. The monoisotopic (exact) mass is 389 g/mol. The second kappa shape index (κ2) is 8.53. The van der Waals surface area contributed by atoms with Crippen LogP contribution in [0.4, 0.5) is 0 Å². The summed E-state index contributed by atoms with van der Waals surface area (Å²) in [6.45, 7) is 6.52. The third-order valence-corrected chi connectivity index (χ3v) is 5.77. The number of nitrogens with zero attached hydrogens (tertiary/aromatic N) is 1. The van der Waals surface area contributed by atoms with Crippen LogP contribution < -0.4 is 9.47 Å². The molecule has 3 rings (SSSR count). The van der Waals surface area contributed by atoms with Crippen molar-refractivity contribution in [1.82, 2.24) is 4.90 Å². The molecule has 1 heterocycles. The van der Waals surface area contributed by atoms with Gasteiger partial charge >= 0.3 is 5.97 Å². The van der Waals surface area contributed by atoms with Gasteiger partial charge in [0.15, 0.2) is 11.5 Å². The Hall–Kier alpha value is -2.05. The molecule has 0 saturated carbocycles. The molecule has 6 nitrogen and oxygen atoms in total. The smallest absolute Gasteiger partial charge is 0.308 e. The molecule has 0 spiro atoms. The summed E-state index contributed by atoms with van der Waals surface area (Å²) in [6, 6.07) is 4.11. The number of hydrogen-bond donors (Lipinski definition) is 0. The van der Waals surface area contributed by atoms with E-state index in [0.29, 0.717) is 13.0 Å². The molecule has 154 valence electrons. The van der Waals surface area contributed by atoms with E-state index < -0.39 is 0 Å². The number of rotatable bonds is 8. The zero-order valence-corrected chi connectivity index (χ0v) is 17.5. The van der Waals surface area contributed by atoms with Crippen LogP contribution >= 0.6 is 0 Å². The molecule has 0 amide bonds. The summed E-state index contributed by atoms with van der Waals surface area (Å²) in [4.78, 5) is 14.2. The molecule has 3 atom stereocenters. The molecule has 0 saturated heterocycles. The molecular weight excluding hydrogens is 358 g/mol. The van der Waals surface area contributed by atoms with Gasteiger partial charge in [-0.05, 0) is 38.2 Å². The van der Waals surface area contributed by atoms with E-state index in [4.69, 9.17) is 18.9 Å². The molecule has 1 aliphatic heterocycles. The van der Waals surface area contributed by atoms with Gasteiger partial charge in [0.05, 0.1) is 25.6 Å². The highest BCUT2D eigenvalue weighted by Crippen LogP contribution is 2.53. The van der Waals surface area contributed by atoms with Crippen molar-refractivity contribution in [3.05, 3.63) is 35.4 Å². The first-order chi connectivity index (χ1) is 13.4. The minimum Gasteiger partial charge on any atom is -0.493 e. The van der Waals surface area contributed by atoms with Crippen LogP contribution in [0, 0.1) is 0 Å². The van der Waals surface area contributed by atoms with Gasteiger partial charge < -0.3 is 23.8 Å². The predicted molar refractivity (Wildman–Crippen MR) is 107 cm³/mol. The summed E-state index contributed by atoms with van der Waals surface area (Å²) in [5.74, 6) is 1.31. The Bertz CT molecular complexity index is 747. The number of fused-ring (bicyclic) bond motifs is 3. The molecule has 0 aromatic heterocycles. The maximum atomic E-state index is 12.0. The highest BCUT2D eigenvalue weighted by atomic mass is 16.6. The number of carbonyl (C=O) groups is 1. The molecule has 1 aliphatic carbocycles. The molecule has 28 heavy (non-hydrogen) atoms. The van der Waals surface area contributed by atoms with E-state index in [2.05, 4.69) is 37.9 Å². The standard InChI is InChI=1S/C22H31NO5/c1-6-23(3)14-15-7-8-17(26-5)21-20(15)22(2)11-9-16(13-18(22)28-21)27-19(24)10-12-25-4/h7-9,11,16,18H,6,10,12-14H2,1-5H3/t16-,18-,22+/m0/s1. The Kier molecular flexibility index (Phi) is 6.30. The Labute approximate surface area is 167 Å². The molecular formula is C22H31NO5. The second-order valence-electron chi connectivity index (χ2n) is 7.72. The predicted octanol–water partition coefficient (Wildman–Crippen LogP) is 3.07. The number of benzene rings is 1. The van der Waals surface area contributed by atoms with Crippen LogP contribution in [0.1, 0.15) is 37.8 Å². The first-order valence-electron chi connectivity index (χ1n) is 9.86. The summed E-state index contributed by atoms with van der Waals surface area (Å²) in [7, 11) is 5.35. The number of ether oxygens (including phenoxy) is 4. The minimum absolute atomic E-state index is 0.102. The highest BCUT2D eigenvalue weighted by molar-refractivity contribution is 5.70. The number of esters is 1. The van der Waals surface area contributed by atoms with Crippen LogP contribution in [-0.4, -0.2) is 57.5 Å². The number of methoxy groups -OCH3 is 2. The van der Waals surface area contributed by atoms with Crippen molar-refractivity contribution in [3.63, 3.8) is 0 Å². The lowest BCUT2D eigenvalue weighted by Gasteiger charge is -2.34. The molecule has 0 fully saturated rings. The fourth-order valence-corrected chi connectivity index (χ4v) is 4.01. The fourth-order valence-electron chi connectivity index (χ4n) is 4.01. The Morgan fingerprint density at radius 1 is 1.36 bits per heavy atom. The van der Waals surface area contributed by atoms with Gasteiger partial charge in [-0.2, -0.15) is 0 Å². The molecule has 0 unspecified atom stereocenters. The first kappa shape index (κ1) is 20.7. The molecule has 6 heteroatoms. The molecule has 1 aromatic rings. The van der Waals surface area contributed by atoms with Gasteiger partial charge in [-0.1, -0.05) is 19.1 Å². The van der Waals surface area contributed by atoms with E-state index in [-0.39, 0.29) is 30.0 Å². The second-order valence-corrected chi connectivity index (χ2v) is 7.72. The van der Waals surface area contributed by atoms with Gasteiger partial charge in [-0.15, -0.1) is 0 Å². The lowest BCUT2D eigenvalue weighted by molar-refractivity contribution is -0.149.